The van der Waals surface area contributed by atoms with Gasteiger partial charge in [0, 0.05) is 19.5 Å². The third-order valence-corrected chi connectivity index (χ3v) is 2.42. The minimum Gasteiger partial charge on any atom is -0.378 e. The summed E-state index contributed by atoms with van der Waals surface area (Å²) in [4.78, 5) is 11.5. The molecule has 0 aromatic carbocycles. The molecule has 0 aliphatic carbocycles. The van der Waals surface area contributed by atoms with E-state index in [9.17, 15) is 18.0 Å². The summed E-state index contributed by atoms with van der Waals surface area (Å²) in [5, 5.41) is 5.56. The van der Waals surface area contributed by atoms with Crippen LogP contribution in [0.25, 0.3) is 0 Å². The zero-order valence-electron chi connectivity index (χ0n) is 9.48. The molecule has 1 rings (SSSR count). The maximum Gasteiger partial charge on any atom is 0.389 e. The lowest BCUT2D eigenvalue weighted by molar-refractivity contribution is -0.135. The standard InChI is InChI=1S/C10H17F3N2O2/c11-10(12,13)3-1-2-4-15-9(16)8-7-17-6-5-14-8/h8,14H,1-7H2,(H,15,16). The van der Waals surface area contributed by atoms with Crippen molar-refractivity contribution < 1.29 is 22.7 Å². The smallest absolute Gasteiger partial charge is 0.378 e. The van der Waals surface area contributed by atoms with Crippen molar-refractivity contribution >= 4 is 5.91 Å². The van der Waals surface area contributed by atoms with Crippen molar-refractivity contribution in [2.24, 2.45) is 0 Å². The maximum atomic E-state index is 11.8. The summed E-state index contributed by atoms with van der Waals surface area (Å²) in [6.45, 7) is 1.78. The Morgan fingerprint density at radius 3 is 2.76 bits per heavy atom. The van der Waals surface area contributed by atoms with Crippen molar-refractivity contribution in [1.29, 1.82) is 0 Å². The number of carbonyl (C=O) groups excluding carboxylic acids is 1. The van der Waals surface area contributed by atoms with Gasteiger partial charge >= 0.3 is 6.18 Å². The van der Waals surface area contributed by atoms with Gasteiger partial charge in [0.25, 0.3) is 0 Å². The number of alkyl halides is 3. The van der Waals surface area contributed by atoms with E-state index in [1.807, 2.05) is 0 Å². The predicted octanol–water partition coefficient (Wildman–Crippen LogP) is 0.824. The molecule has 1 fully saturated rings. The molecule has 0 radical (unpaired) electrons. The summed E-state index contributed by atoms with van der Waals surface area (Å²) in [6.07, 6.45) is -4.53. The Kier molecular flexibility index (Phi) is 5.70. The Labute approximate surface area is 97.9 Å². The molecule has 1 atom stereocenters. The molecule has 1 unspecified atom stereocenters. The molecule has 2 N–H and O–H groups in total. The van der Waals surface area contributed by atoms with Gasteiger partial charge in [0.1, 0.15) is 6.04 Å². The van der Waals surface area contributed by atoms with Gasteiger partial charge in [0.15, 0.2) is 0 Å². The van der Waals surface area contributed by atoms with Crippen LogP contribution in [0.1, 0.15) is 19.3 Å². The summed E-state index contributed by atoms with van der Waals surface area (Å²) < 4.78 is 40.6. The molecule has 0 bridgehead atoms. The van der Waals surface area contributed by atoms with Gasteiger partial charge in [0.05, 0.1) is 13.2 Å². The third kappa shape index (κ3) is 6.48. The monoisotopic (exact) mass is 254 g/mol. The van der Waals surface area contributed by atoms with E-state index in [1.165, 1.54) is 0 Å². The number of rotatable bonds is 5. The molecule has 0 aromatic rings. The summed E-state index contributed by atoms with van der Waals surface area (Å²) in [5.74, 6) is -0.211. The molecule has 0 spiro atoms. The van der Waals surface area contributed by atoms with Crippen molar-refractivity contribution in [3.8, 4) is 0 Å². The Morgan fingerprint density at radius 2 is 2.18 bits per heavy atom. The fourth-order valence-electron chi connectivity index (χ4n) is 1.52. The Morgan fingerprint density at radius 1 is 1.41 bits per heavy atom. The fourth-order valence-corrected chi connectivity index (χ4v) is 1.52. The molecular weight excluding hydrogens is 237 g/mol. The van der Waals surface area contributed by atoms with Crippen LogP contribution in [0.2, 0.25) is 0 Å². The Bertz CT molecular complexity index is 240. The highest BCUT2D eigenvalue weighted by Gasteiger charge is 2.26. The molecule has 4 nitrogen and oxygen atoms in total. The van der Waals surface area contributed by atoms with E-state index in [-0.39, 0.29) is 24.9 Å². The van der Waals surface area contributed by atoms with Crippen molar-refractivity contribution in [1.82, 2.24) is 10.6 Å². The number of hydrogen-bond acceptors (Lipinski definition) is 3. The van der Waals surface area contributed by atoms with Crippen LogP contribution in [-0.2, 0) is 9.53 Å². The molecule has 100 valence electrons. The van der Waals surface area contributed by atoms with Crippen LogP contribution in [0.4, 0.5) is 13.2 Å². The van der Waals surface area contributed by atoms with Crippen LogP contribution in [0.5, 0.6) is 0 Å². The van der Waals surface area contributed by atoms with Crippen LogP contribution in [0.15, 0.2) is 0 Å². The Hall–Kier alpha value is -0.820. The largest absolute Gasteiger partial charge is 0.389 e. The molecule has 1 aliphatic rings. The number of hydrogen-bond donors (Lipinski definition) is 2. The number of ether oxygens (including phenoxy) is 1. The quantitative estimate of drug-likeness (QED) is 0.714. The highest BCUT2D eigenvalue weighted by Crippen LogP contribution is 2.21. The molecule has 1 aliphatic heterocycles. The minimum absolute atomic E-state index is 0.0401. The number of morpholine rings is 1. The van der Waals surface area contributed by atoms with Gasteiger partial charge < -0.3 is 15.4 Å². The van der Waals surface area contributed by atoms with Crippen molar-refractivity contribution in [3.05, 3.63) is 0 Å². The first kappa shape index (κ1) is 14.2. The van der Waals surface area contributed by atoms with Crippen LogP contribution in [0, 0.1) is 0 Å². The first-order chi connectivity index (χ1) is 7.99. The van der Waals surface area contributed by atoms with Gasteiger partial charge in [-0.05, 0) is 12.8 Å². The SMILES string of the molecule is O=C(NCCCCC(F)(F)F)C1COCCN1. The van der Waals surface area contributed by atoms with Crippen LogP contribution >= 0.6 is 0 Å². The molecule has 0 aromatic heterocycles. The lowest BCUT2D eigenvalue weighted by atomic mass is 10.2. The van der Waals surface area contributed by atoms with Crippen LogP contribution in [0.3, 0.4) is 0 Å². The first-order valence-electron chi connectivity index (χ1n) is 5.64. The van der Waals surface area contributed by atoms with E-state index in [4.69, 9.17) is 4.74 Å². The summed E-state index contributed by atoms with van der Waals surface area (Å²) in [7, 11) is 0. The summed E-state index contributed by atoms with van der Waals surface area (Å²) in [6, 6.07) is -0.383. The first-order valence-corrected chi connectivity index (χ1v) is 5.64. The second-order valence-corrected chi connectivity index (χ2v) is 3.94. The van der Waals surface area contributed by atoms with Crippen molar-refractivity contribution in [2.75, 3.05) is 26.3 Å². The highest BCUT2D eigenvalue weighted by molar-refractivity contribution is 5.81. The van der Waals surface area contributed by atoms with E-state index in [0.29, 0.717) is 26.2 Å². The second kappa shape index (κ2) is 6.80. The highest BCUT2D eigenvalue weighted by atomic mass is 19.4. The third-order valence-electron chi connectivity index (χ3n) is 2.42. The lowest BCUT2D eigenvalue weighted by Crippen LogP contribution is -2.51. The number of carbonyl (C=O) groups is 1. The van der Waals surface area contributed by atoms with Gasteiger partial charge in [-0.3, -0.25) is 4.79 Å². The van der Waals surface area contributed by atoms with Gasteiger partial charge in [-0.1, -0.05) is 0 Å². The molecule has 1 heterocycles. The zero-order chi connectivity index (χ0) is 12.7. The average Bonchev–Trinajstić information content (AvgIpc) is 2.28. The van der Waals surface area contributed by atoms with E-state index in [1.54, 1.807) is 0 Å². The summed E-state index contributed by atoms with van der Waals surface area (Å²) in [5.41, 5.74) is 0. The Balaban J connectivity index is 2.04. The molecule has 17 heavy (non-hydrogen) atoms. The normalized spacial score (nSPS) is 21.2. The number of halogens is 3. The van der Waals surface area contributed by atoms with Gasteiger partial charge in [-0.15, -0.1) is 0 Å². The molecule has 1 saturated heterocycles. The average molecular weight is 254 g/mol. The molecule has 1 amide bonds. The van der Waals surface area contributed by atoms with Crippen LogP contribution < -0.4 is 10.6 Å². The van der Waals surface area contributed by atoms with E-state index in [2.05, 4.69) is 10.6 Å². The van der Waals surface area contributed by atoms with Crippen molar-refractivity contribution in [3.63, 3.8) is 0 Å². The maximum absolute atomic E-state index is 11.8. The van der Waals surface area contributed by atoms with Crippen LogP contribution in [-0.4, -0.2) is 44.4 Å². The van der Waals surface area contributed by atoms with Gasteiger partial charge in [-0.2, -0.15) is 13.2 Å². The van der Waals surface area contributed by atoms with Crippen molar-refractivity contribution in [2.45, 2.75) is 31.5 Å². The van der Waals surface area contributed by atoms with E-state index in [0.717, 1.165) is 0 Å². The topological polar surface area (TPSA) is 50.4 Å². The number of nitrogens with one attached hydrogen (secondary N) is 2. The summed E-state index contributed by atoms with van der Waals surface area (Å²) >= 11 is 0. The molecule has 0 saturated carbocycles. The van der Waals surface area contributed by atoms with Gasteiger partial charge in [0.2, 0.25) is 5.91 Å². The van der Waals surface area contributed by atoms with E-state index >= 15 is 0 Å². The number of amides is 1. The minimum atomic E-state index is -4.11. The van der Waals surface area contributed by atoms with E-state index < -0.39 is 12.6 Å². The lowest BCUT2D eigenvalue weighted by Gasteiger charge is -2.22. The number of unbranched alkanes of at least 4 members (excludes halogenated alkanes) is 1. The van der Waals surface area contributed by atoms with Gasteiger partial charge in [-0.25, -0.2) is 0 Å². The predicted molar refractivity (Wildman–Crippen MR) is 55.5 cm³/mol. The molecule has 7 heteroatoms. The fraction of sp³-hybridized carbons (Fsp3) is 0.900. The molecular formula is C10H17F3N2O2. The second-order valence-electron chi connectivity index (χ2n) is 3.94. The zero-order valence-corrected chi connectivity index (χ0v) is 9.48.